The summed E-state index contributed by atoms with van der Waals surface area (Å²) in [6.45, 7) is 0. The van der Waals surface area contributed by atoms with Gasteiger partial charge in [0.2, 0.25) is 0 Å². The first-order chi connectivity index (χ1) is 8.99. The number of anilines is 3. The van der Waals surface area contributed by atoms with E-state index in [0.717, 1.165) is 6.07 Å². The van der Waals surface area contributed by atoms with Gasteiger partial charge in [-0.15, -0.1) is 0 Å². The van der Waals surface area contributed by atoms with Crippen LogP contribution in [0.15, 0.2) is 30.3 Å². The summed E-state index contributed by atoms with van der Waals surface area (Å²) < 4.78 is 44.3. The molecular formula is C13H11F3N2O. The lowest BCUT2D eigenvalue weighted by Gasteiger charge is -2.10. The zero-order valence-electron chi connectivity index (χ0n) is 10.0. The first-order valence-electron chi connectivity index (χ1n) is 5.35. The number of nitrogens with one attached hydrogen (secondary N) is 1. The lowest BCUT2D eigenvalue weighted by Crippen LogP contribution is -1.98. The molecule has 0 spiro atoms. The third-order valence-electron chi connectivity index (χ3n) is 2.45. The predicted octanol–water partition coefficient (Wildman–Crippen LogP) is 3.44. The van der Waals surface area contributed by atoms with Crippen LogP contribution in [0.3, 0.4) is 0 Å². The first-order valence-corrected chi connectivity index (χ1v) is 5.35. The van der Waals surface area contributed by atoms with Gasteiger partial charge in [-0.05, 0) is 6.07 Å². The Morgan fingerprint density at radius 1 is 0.947 bits per heavy atom. The molecule has 0 aliphatic rings. The third-order valence-corrected chi connectivity index (χ3v) is 2.45. The Balaban J connectivity index is 2.36. The number of nitrogens with two attached hydrogens (primary N) is 1. The second-order valence-electron chi connectivity index (χ2n) is 3.87. The normalized spacial score (nSPS) is 10.3. The summed E-state index contributed by atoms with van der Waals surface area (Å²) in [7, 11) is 1.46. The molecule has 19 heavy (non-hydrogen) atoms. The molecule has 0 radical (unpaired) electrons. The Hall–Kier alpha value is -2.37. The number of ether oxygens (including phenoxy) is 1. The summed E-state index contributed by atoms with van der Waals surface area (Å²) >= 11 is 0. The molecule has 2 aromatic rings. The lowest BCUT2D eigenvalue weighted by atomic mass is 10.2. The van der Waals surface area contributed by atoms with Crippen LogP contribution in [0, 0.1) is 17.5 Å². The van der Waals surface area contributed by atoms with Gasteiger partial charge in [0.15, 0.2) is 11.6 Å². The largest absolute Gasteiger partial charge is 0.497 e. The van der Waals surface area contributed by atoms with Crippen molar-refractivity contribution in [3.05, 3.63) is 47.8 Å². The Morgan fingerprint density at radius 3 is 2.32 bits per heavy atom. The van der Waals surface area contributed by atoms with Crippen molar-refractivity contribution in [1.82, 2.24) is 0 Å². The fourth-order valence-corrected chi connectivity index (χ4v) is 1.59. The third kappa shape index (κ3) is 2.90. The van der Waals surface area contributed by atoms with E-state index in [1.54, 1.807) is 12.1 Å². The van der Waals surface area contributed by atoms with Crippen LogP contribution in [0.4, 0.5) is 30.2 Å². The minimum Gasteiger partial charge on any atom is -0.497 e. The van der Waals surface area contributed by atoms with E-state index in [2.05, 4.69) is 5.32 Å². The van der Waals surface area contributed by atoms with Gasteiger partial charge in [-0.3, -0.25) is 0 Å². The van der Waals surface area contributed by atoms with E-state index in [1.807, 2.05) is 0 Å². The highest BCUT2D eigenvalue weighted by molar-refractivity contribution is 5.66. The predicted molar refractivity (Wildman–Crippen MR) is 67.0 cm³/mol. The second-order valence-corrected chi connectivity index (χ2v) is 3.87. The van der Waals surface area contributed by atoms with Crippen LogP contribution in [0.2, 0.25) is 0 Å². The molecule has 0 heterocycles. The average Bonchev–Trinajstić information content (AvgIpc) is 2.35. The van der Waals surface area contributed by atoms with E-state index in [0.29, 0.717) is 23.2 Å². The molecule has 0 amide bonds. The molecule has 0 saturated heterocycles. The Morgan fingerprint density at radius 2 is 1.63 bits per heavy atom. The number of nitrogen functional groups attached to an aromatic ring is 1. The van der Waals surface area contributed by atoms with E-state index in [9.17, 15) is 13.2 Å². The first kappa shape index (κ1) is 13.1. The molecule has 3 nitrogen and oxygen atoms in total. The summed E-state index contributed by atoms with van der Waals surface area (Å²) in [4.78, 5) is 0. The van der Waals surface area contributed by atoms with Gasteiger partial charge in [0.05, 0.1) is 12.8 Å². The van der Waals surface area contributed by atoms with Crippen molar-refractivity contribution in [2.75, 3.05) is 18.2 Å². The van der Waals surface area contributed by atoms with Crippen molar-refractivity contribution in [1.29, 1.82) is 0 Å². The van der Waals surface area contributed by atoms with Crippen molar-refractivity contribution in [3.63, 3.8) is 0 Å². The van der Waals surface area contributed by atoms with Crippen LogP contribution >= 0.6 is 0 Å². The van der Waals surface area contributed by atoms with Crippen LogP contribution in [0.1, 0.15) is 0 Å². The van der Waals surface area contributed by atoms with Crippen LogP contribution in [-0.4, -0.2) is 7.11 Å². The molecule has 0 saturated carbocycles. The molecule has 0 fully saturated rings. The van der Waals surface area contributed by atoms with Crippen LogP contribution in [0.25, 0.3) is 0 Å². The van der Waals surface area contributed by atoms with E-state index in [-0.39, 0.29) is 5.69 Å². The fourth-order valence-electron chi connectivity index (χ4n) is 1.59. The summed E-state index contributed by atoms with van der Waals surface area (Å²) in [6.07, 6.45) is 0. The summed E-state index contributed by atoms with van der Waals surface area (Å²) in [5, 5.41) is 2.61. The van der Waals surface area contributed by atoms with Gasteiger partial charge in [0, 0.05) is 35.6 Å². The van der Waals surface area contributed by atoms with Gasteiger partial charge in [0.25, 0.3) is 0 Å². The van der Waals surface area contributed by atoms with Gasteiger partial charge in [-0.1, -0.05) is 0 Å². The van der Waals surface area contributed by atoms with Crippen molar-refractivity contribution >= 4 is 17.1 Å². The number of hydrogen-bond donors (Lipinski definition) is 2. The SMILES string of the molecule is COc1cc(N)cc(Nc2cc(F)c(F)cc2F)c1. The minimum atomic E-state index is -1.24. The Kier molecular flexibility index (Phi) is 3.50. The van der Waals surface area contributed by atoms with E-state index < -0.39 is 17.5 Å². The number of halogens is 3. The number of rotatable bonds is 3. The molecule has 0 aliphatic heterocycles. The molecule has 0 aliphatic carbocycles. The maximum Gasteiger partial charge on any atom is 0.161 e. The minimum absolute atomic E-state index is 0.188. The highest BCUT2D eigenvalue weighted by Crippen LogP contribution is 2.27. The highest BCUT2D eigenvalue weighted by atomic mass is 19.2. The van der Waals surface area contributed by atoms with Crippen molar-refractivity contribution in [2.45, 2.75) is 0 Å². The van der Waals surface area contributed by atoms with E-state index in [4.69, 9.17) is 10.5 Å². The molecule has 6 heteroatoms. The lowest BCUT2D eigenvalue weighted by molar-refractivity contribution is 0.415. The standard InChI is InChI=1S/C13H11F3N2O/c1-19-9-3-7(17)2-8(4-9)18-13-6-11(15)10(14)5-12(13)16/h2-6,18H,17H2,1H3. The van der Waals surface area contributed by atoms with Crippen molar-refractivity contribution in [3.8, 4) is 5.75 Å². The molecule has 3 N–H and O–H groups in total. The summed E-state index contributed by atoms with van der Waals surface area (Å²) in [5.74, 6) is -2.82. The Labute approximate surface area is 107 Å². The average molecular weight is 268 g/mol. The topological polar surface area (TPSA) is 47.3 Å². The maximum atomic E-state index is 13.5. The zero-order chi connectivity index (χ0) is 14.0. The van der Waals surface area contributed by atoms with Crippen molar-refractivity contribution < 1.29 is 17.9 Å². The highest BCUT2D eigenvalue weighted by Gasteiger charge is 2.10. The van der Waals surface area contributed by atoms with Crippen LogP contribution in [0.5, 0.6) is 5.75 Å². The number of hydrogen-bond acceptors (Lipinski definition) is 3. The van der Waals surface area contributed by atoms with Crippen molar-refractivity contribution in [2.24, 2.45) is 0 Å². The number of benzene rings is 2. The van der Waals surface area contributed by atoms with Gasteiger partial charge in [-0.25, -0.2) is 13.2 Å². The van der Waals surface area contributed by atoms with Crippen LogP contribution in [-0.2, 0) is 0 Å². The molecule has 100 valence electrons. The molecule has 0 aromatic heterocycles. The molecule has 0 atom stereocenters. The summed E-state index contributed by atoms with van der Waals surface area (Å²) in [6, 6.07) is 5.86. The second kappa shape index (κ2) is 5.09. The van der Waals surface area contributed by atoms with E-state index >= 15 is 0 Å². The van der Waals surface area contributed by atoms with Gasteiger partial charge < -0.3 is 15.8 Å². The van der Waals surface area contributed by atoms with E-state index in [1.165, 1.54) is 13.2 Å². The van der Waals surface area contributed by atoms with Crippen LogP contribution < -0.4 is 15.8 Å². The quantitative estimate of drug-likeness (QED) is 0.662. The molecular weight excluding hydrogens is 257 g/mol. The van der Waals surface area contributed by atoms with Gasteiger partial charge in [0.1, 0.15) is 11.6 Å². The zero-order valence-corrected chi connectivity index (χ0v) is 10.0. The molecule has 2 rings (SSSR count). The number of methoxy groups -OCH3 is 1. The maximum absolute atomic E-state index is 13.5. The Bertz CT molecular complexity index is 617. The molecule has 0 bridgehead atoms. The fraction of sp³-hybridized carbons (Fsp3) is 0.0769. The summed E-state index contributed by atoms with van der Waals surface area (Å²) in [5.41, 5.74) is 6.24. The molecule has 0 unspecified atom stereocenters. The van der Waals surface area contributed by atoms with Gasteiger partial charge in [-0.2, -0.15) is 0 Å². The van der Waals surface area contributed by atoms with Gasteiger partial charge >= 0.3 is 0 Å². The smallest absolute Gasteiger partial charge is 0.161 e. The molecule has 2 aromatic carbocycles. The monoisotopic (exact) mass is 268 g/mol.